The maximum Gasteiger partial charge on any atom is 0.271 e. The number of nitrogens with one attached hydrogen (secondary N) is 1. The summed E-state index contributed by atoms with van der Waals surface area (Å²) in [6, 6.07) is 9.94. The Labute approximate surface area is 160 Å². The number of carbonyl (C=O) groups is 1. The molecule has 1 saturated heterocycles. The Morgan fingerprint density at radius 3 is 2.67 bits per heavy atom. The molecule has 8 nitrogen and oxygen atoms in total. The zero-order chi connectivity index (χ0) is 19.6. The van der Waals surface area contributed by atoms with Gasteiger partial charge in [-0.3, -0.25) is 19.2 Å². The monoisotopic (exact) mass is 409 g/mol. The molecule has 1 fully saturated rings. The lowest BCUT2D eigenvalue weighted by Gasteiger charge is -2.28. The van der Waals surface area contributed by atoms with Crippen LogP contribution in [-0.4, -0.2) is 31.5 Å². The van der Waals surface area contributed by atoms with Gasteiger partial charge in [0.1, 0.15) is 0 Å². The zero-order valence-electron chi connectivity index (χ0n) is 14.1. The van der Waals surface area contributed by atoms with Crippen LogP contribution in [0.3, 0.4) is 0 Å². The average Bonchev–Trinajstić information content (AvgIpc) is 2.63. The van der Waals surface area contributed by atoms with E-state index in [1.165, 1.54) is 34.6 Å². The average molecular weight is 410 g/mol. The highest BCUT2D eigenvalue weighted by molar-refractivity contribution is 7.92. The normalized spacial score (nSPS) is 16.0. The predicted molar refractivity (Wildman–Crippen MR) is 103 cm³/mol. The van der Waals surface area contributed by atoms with E-state index in [4.69, 9.17) is 11.6 Å². The van der Waals surface area contributed by atoms with E-state index in [9.17, 15) is 23.3 Å². The first-order chi connectivity index (χ1) is 12.8. The molecule has 142 valence electrons. The van der Waals surface area contributed by atoms with E-state index in [0.717, 1.165) is 6.42 Å². The van der Waals surface area contributed by atoms with Crippen LogP contribution in [0, 0.1) is 10.1 Å². The predicted octanol–water partition coefficient (Wildman–Crippen LogP) is 3.43. The van der Waals surface area contributed by atoms with E-state index in [-0.39, 0.29) is 27.7 Å². The van der Waals surface area contributed by atoms with Crippen LogP contribution in [0.25, 0.3) is 0 Å². The molecule has 3 rings (SSSR count). The van der Waals surface area contributed by atoms with Crippen LogP contribution >= 0.6 is 11.6 Å². The van der Waals surface area contributed by atoms with Gasteiger partial charge in [-0.05, 0) is 37.1 Å². The van der Waals surface area contributed by atoms with E-state index < -0.39 is 20.9 Å². The molecule has 0 bridgehead atoms. The third-order valence-electron chi connectivity index (χ3n) is 4.15. The van der Waals surface area contributed by atoms with E-state index in [1.54, 1.807) is 12.1 Å². The van der Waals surface area contributed by atoms with Crippen molar-refractivity contribution in [3.63, 3.8) is 0 Å². The summed E-state index contributed by atoms with van der Waals surface area (Å²) in [6.45, 7) is 0.365. The molecule has 10 heteroatoms. The molecule has 1 heterocycles. The van der Waals surface area contributed by atoms with Gasteiger partial charge in [-0.15, -0.1) is 0 Å². The third kappa shape index (κ3) is 4.20. The van der Waals surface area contributed by atoms with E-state index >= 15 is 0 Å². The Morgan fingerprint density at radius 2 is 1.96 bits per heavy atom. The molecule has 0 aliphatic carbocycles. The standard InChI is InChI=1S/C17H16ClN3O5S/c18-15-7-6-14(21(23)24)11-16(15)19-17(22)12-4-3-5-13(10-12)20-8-1-2-9-27(20,25)26/h3-7,10-11H,1-2,8-9H2,(H,19,22). The highest BCUT2D eigenvalue weighted by Gasteiger charge is 2.26. The number of hydrogen-bond acceptors (Lipinski definition) is 5. The number of sulfonamides is 1. The number of anilines is 2. The molecule has 1 aliphatic rings. The van der Waals surface area contributed by atoms with E-state index in [1.807, 2.05) is 0 Å². The summed E-state index contributed by atoms with van der Waals surface area (Å²) in [5.74, 6) is -0.471. The van der Waals surface area contributed by atoms with Crippen LogP contribution in [-0.2, 0) is 10.0 Å². The summed E-state index contributed by atoms with van der Waals surface area (Å²) in [5, 5.41) is 13.6. The first-order valence-electron chi connectivity index (χ1n) is 8.14. The van der Waals surface area contributed by atoms with Crippen molar-refractivity contribution in [3.05, 3.63) is 63.2 Å². The van der Waals surface area contributed by atoms with Crippen molar-refractivity contribution in [2.75, 3.05) is 21.9 Å². The SMILES string of the molecule is O=C(Nc1cc([N+](=O)[O-])ccc1Cl)c1cccc(N2CCCCS2(=O)=O)c1. The van der Waals surface area contributed by atoms with Crippen molar-refractivity contribution >= 4 is 44.6 Å². The number of halogens is 1. The van der Waals surface area contributed by atoms with Crippen molar-refractivity contribution in [2.24, 2.45) is 0 Å². The summed E-state index contributed by atoms with van der Waals surface area (Å²) < 4.78 is 25.8. The maximum atomic E-state index is 12.5. The molecule has 2 aromatic carbocycles. The molecular formula is C17H16ClN3O5S. The van der Waals surface area contributed by atoms with Gasteiger partial charge in [0.2, 0.25) is 10.0 Å². The fourth-order valence-electron chi connectivity index (χ4n) is 2.80. The van der Waals surface area contributed by atoms with Gasteiger partial charge in [0.05, 0.1) is 27.1 Å². The zero-order valence-corrected chi connectivity index (χ0v) is 15.7. The number of nitro groups is 1. The molecular weight excluding hydrogens is 394 g/mol. The number of non-ortho nitro benzene ring substituents is 1. The molecule has 1 N–H and O–H groups in total. The molecule has 0 atom stereocenters. The molecule has 1 aliphatic heterocycles. The van der Waals surface area contributed by atoms with Crippen LogP contribution in [0.15, 0.2) is 42.5 Å². The quantitative estimate of drug-likeness (QED) is 0.614. The van der Waals surface area contributed by atoms with Gasteiger partial charge in [-0.1, -0.05) is 17.7 Å². The van der Waals surface area contributed by atoms with Crippen molar-refractivity contribution < 1.29 is 18.1 Å². The lowest BCUT2D eigenvalue weighted by molar-refractivity contribution is -0.384. The van der Waals surface area contributed by atoms with Gasteiger partial charge in [0, 0.05) is 24.2 Å². The van der Waals surface area contributed by atoms with Crippen molar-refractivity contribution in [2.45, 2.75) is 12.8 Å². The molecule has 27 heavy (non-hydrogen) atoms. The molecule has 0 spiro atoms. The molecule has 0 aromatic heterocycles. The molecule has 2 aromatic rings. The van der Waals surface area contributed by atoms with Gasteiger partial charge >= 0.3 is 0 Å². The molecule has 0 saturated carbocycles. The number of rotatable bonds is 4. The number of hydrogen-bond donors (Lipinski definition) is 1. The minimum Gasteiger partial charge on any atom is -0.320 e. The van der Waals surface area contributed by atoms with Crippen molar-refractivity contribution in [1.29, 1.82) is 0 Å². The van der Waals surface area contributed by atoms with Crippen LogP contribution in [0.2, 0.25) is 5.02 Å². The smallest absolute Gasteiger partial charge is 0.271 e. The third-order valence-corrected chi connectivity index (χ3v) is 6.35. The lowest BCUT2D eigenvalue weighted by Crippen LogP contribution is -2.37. The number of benzene rings is 2. The van der Waals surface area contributed by atoms with E-state index in [0.29, 0.717) is 18.7 Å². The topological polar surface area (TPSA) is 110 Å². The van der Waals surface area contributed by atoms with Crippen LogP contribution in [0.5, 0.6) is 0 Å². The van der Waals surface area contributed by atoms with Gasteiger partial charge in [-0.2, -0.15) is 0 Å². The van der Waals surface area contributed by atoms with Gasteiger partial charge < -0.3 is 5.32 Å². The fraction of sp³-hybridized carbons (Fsp3) is 0.235. The fourth-order valence-corrected chi connectivity index (χ4v) is 4.59. The molecule has 1 amide bonds. The molecule has 0 radical (unpaired) electrons. The highest BCUT2D eigenvalue weighted by Crippen LogP contribution is 2.28. The Hall–Kier alpha value is -2.65. The first-order valence-corrected chi connectivity index (χ1v) is 10.1. The second-order valence-corrected chi connectivity index (χ2v) is 8.44. The lowest BCUT2D eigenvalue weighted by atomic mass is 10.1. The Bertz CT molecular complexity index is 1010. The van der Waals surface area contributed by atoms with Crippen molar-refractivity contribution in [1.82, 2.24) is 0 Å². The minimum absolute atomic E-state index is 0.0761. The summed E-state index contributed by atoms with van der Waals surface area (Å²) >= 11 is 6.00. The van der Waals surface area contributed by atoms with Gasteiger partial charge in [0.25, 0.3) is 11.6 Å². The number of carbonyl (C=O) groups excluding carboxylic acids is 1. The van der Waals surface area contributed by atoms with Crippen LogP contribution < -0.4 is 9.62 Å². The number of nitrogens with zero attached hydrogens (tertiary/aromatic N) is 2. The number of amides is 1. The highest BCUT2D eigenvalue weighted by atomic mass is 35.5. The Kier molecular flexibility index (Phi) is 5.33. The van der Waals surface area contributed by atoms with E-state index in [2.05, 4.69) is 5.32 Å². The number of nitro benzene ring substituents is 1. The second kappa shape index (κ2) is 7.53. The summed E-state index contributed by atoms with van der Waals surface area (Å²) in [7, 11) is -3.39. The minimum atomic E-state index is -3.39. The summed E-state index contributed by atoms with van der Waals surface area (Å²) in [5.41, 5.74) is 0.526. The Morgan fingerprint density at radius 1 is 1.19 bits per heavy atom. The van der Waals surface area contributed by atoms with Crippen LogP contribution in [0.4, 0.5) is 17.1 Å². The van der Waals surface area contributed by atoms with Crippen LogP contribution in [0.1, 0.15) is 23.2 Å². The van der Waals surface area contributed by atoms with Gasteiger partial charge in [-0.25, -0.2) is 8.42 Å². The first kappa shape index (κ1) is 19.1. The van der Waals surface area contributed by atoms with Gasteiger partial charge in [0.15, 0.2) is 0 Å². The second-order valence-electron chi connectivity index (χ2n) is 6.02. The largest absolute Gasteiger partial charge is 0.320 e. The summed E-state index contributed by atoms with van der Waals surface area (Å²) in [4.78, 5) is 22.8. The maximum absolute atomic E-state index is 12.5. The molecule has 0 unspecified atom stereocenters. The van der Waals surface area contributed by atoms with Crippen molar-refractivity contribution in [3.8, 4) is 0 Å². The summed E-state index contributed by atoms with van der Waals surface area (Å²) in [6.07, 6.45) is 1.36. The Balaban J connectivity index is 1.86.